The molecular weight excluding hydrogens is 290 g/mol. The van der Waals surface area contributed by atoms with Crippen LogP contribution in [-0.2, 0) is 5.54 Å². The minimum absolute atomic E-state index is 0.298. The van der Waals surface area contributed by atoms with Crippen LogP contribution in [0.15, 0.2) is 42.7 Å². The molecule has 2 heterocycles. The molecule has 0 amide bonds. The number of pyridine rings is 1. The average Bonchev–Trinajstić information content (AvgIpc) is 2.52. The molecule has 3 aromatic rings. The summed E-state index contributed by atoms with van der Waals surface area (Å²) < 4.78 is 14.1. The standard InChI is InChI=1S/C17H14BFN4/c18-12-4-5-14-11(9-12)10-21-16(22-14)23-17(6-2-7-17)15-13(19)3-1-8-20-15/h1,3-5,8-10H,2,6-7H2,(H,21,22,23). The van der Waals surface area contributed by atoms with Crippen molar-refractivity contribution in [2.75, 3.05) is 5.32 Å². The van der Waals surface area contributed by atoms with Gasteiger partial charge in [0.1, 0.15) is 19.4 Å². The number of rotatable bonds is 3. The van der Waals surface area contributed by atoms with Crippen molar-refractivity contribution < 1.29 is 4.39 Å². The zero-order valence-corrected chi connectivity index (χ0v) is 12.5. The third-order valence-electron chi connectivity index (χ3n) is 4.37. The van der Waals surface area contributed by atoms with Crippen molar-refractivity contribution in [1.82, 2.24) is 15.0 Å². The van der Waals surface area contributed by atoms with Gasteiger partial charge in [-0.15, -0.1) is 0 Å². The molecule has 0 saturated heterocycles. The van der Waals surface area contributed by atoms with Gasteiger partial charge in [0.15, 0.2) is 0 Å². The summed E-state index contributed by atoms with van der Waals surface area (Å²) in [5, 5.41) is 4.18. The van der Waals surface area contributed by atoms with Crippen LogP contribution in [0, 0.1) is 5.82 Å². The third-order valence-corrected chi connectivity index (χ3v) is 4.37. The fourth-order valence-corrected chi connectivity index (χ4v) is 3.02. The number of benzene rings is 1. The third kappa shape index (κ3) is 2.44. The SMILES string of the molecule is [B]c1ccc2nc(NC3(c4ncccc4F)CCC3)ncc2c1. The van der Waals surface area contributed by atoms with E-state index >= 15 is 0 Å². The molecular formula is C17H14BFN4. The second-order valence-electron chi connectivity index (χ2n) is 5.91. The largest absolute Gasteiger partial charge is 0.343 e. The number of anilines is 1. The zero-order chi connectivity index (χ0) is 15.9. The van der Waals surface area contributed by atoms with Gasteiger partial charge < -0.3 is 5.32 Å². The fraction of sp³-hybridized carbons (Fsp3) is 0.235. The van der Waals surface area contributed by atoms with Crippen molar-refractivity contribution >= 4 is 30.2 Å². The highest BCUT2D eigenvalue weighted by molar-refractivity contribution is 6.33. The van der Waals surface area contributed by atoms with Gasteiger partial charge in [0, 0.05) is 17.8 Å². The van der Waals surface area contributed by atoms with E-state index in [-0.39, 0.29) is 5.82 Å². The maximum atomic E-state index is 14.1. The quantitative estimate of drug-likeness (QED) is 0.755. The molecule has 1 aliphatic rings. The molecule has 112 valence electrons. The van der Waals surface area contributed by atoms with Crippen LogP contribution in [0.4, 0.5) is 10.3 Å². The fourth-order valence-electron chi connectivity index (χ4n) is 3.02. The number of halogens is 1. The molecule has 1 aliphatic carbocycles. The Morgan fingerprint density at radius 3 is 2.78 bits per heavy atom. The highest BCUT2D eigenvalue weighted by Crippen LogP contribution is 2.43. The summed E-state index contributed by atoms with van der Waals surface area (Å²) in [6.45, 7) is 0. The monoisotopic (exact) mass is 304 g/mol. The molecule has 1 aromatic carbocycles. The van der Waals surface area contributed by atoms with Crippen LogP contribution in [0.25, 0.3) is 10.9 Å². The van der Waals surface area contributed by atoms with Gasteiger partial charge in [-0.1, -0.05) is 17.6 Å². The Bertz CT molecular complexity index is 879. The van der Waals surface area contributed by atoms with Gasteiger partial charge in [0.05, 0.1) is 11.1 Å². The smallest absolute Gasteiger partial charge is 0.223 e. The van der Waals surface area contributed by atoms with Gasteiger partial charge in [-0.3, -0.25) is 4.98 Å². The van der Waals surface area contributed by atoms with Crippen LogP contribution >= 0.6 is 0 Å². The van der Waals surface area contributed by atoms with Gasteiger partial charge in [0.2, 0.25) is 5.95 Å². The highest BCUT2D eigenvalue weighted by atomic mass is 19.1. The summed E-state index contributed by atoms with van der Waals surface area (Å²) in [6, 6.07) is 8.52. The normalized spacial score (nSPS) is 16.0. The van der Waals surface area contributed by atoms with Crippen molar-refractivity contribution in [3.8, 4) is 0 Å². The van der Waals surface area contributed by atoms with E-state index in [1.807, 2.05) is 12.1 Å². The Morgan fingerprint density at radius 1 is 1.17 bits per heavy atom. The molecule has 0 bridgehead atoms. The van der Waals surface area contributed by atoms with E-state index in [2.05, 4.69) is 20.3 Å². The van der Waals surface area contributed by atoms with Crippen LogP contribution < -0.4 is 10.8 Å². The second-order valence-corrected chi connectivity index (χ2v) is 5.91. The van der Waals surface area contributed by atoms with Gasteiger partial charge in [0.25, 0.3) is 0 Å². The number of nitrogens with one attached hydrogen (secondary N) is 1. The van der Waals surface area contributed by atoms with Crippen LogP contribution in [0.1, 0.15) is 25.0 Å². The Kier molecular flexibility index (Phi) is 3.25. The number of nitrogens with zero attached hydrogens (tertiary/aromatic N) is 3. The lowest BCUT2D eigenvalue weighted by Gasteiger charge is -2.42. The first-order chi connectivity index (χ1) is 11.2. The minimum Gasteiger partial charge on any atom is -0.343 e. The highest BCUT2D eigenvalue weighted by Gasteiger charge is 2.42. The van der Waals surface area contributed by atoms with Crippen molar-refractivity contribution in [3.05, 3.63) is 54.2 Å². The number of hydrogen-bond acceptors (Lipinski definition) is 4. The van der Waals surface area contributed by atoms with Gasteiger partial charge in [-0.2, -0.15) is 0 Å². The topological polar surface area (TPSA) is 50.7 Å². The van der Waals surface area contributed by atoms with E-state index in [4.69, 9.17) is 7.85 Å². The molecule has 23 heavy (non-hydrogen) atoms. The molecule has 4 nitrogen and oxygen atoms in total. The Hall–Kier alpha value is -2.50. The predicted octanol–water partition coefficient (Wildman–Crippen LogP) is 2.45. The summed E-state index contributed by atoms with van der Waals surface area (Å²) in [7, 11) is 5.77. The van der Waals surface area contributed by atoms with E-state index in [1.54, 1.807) is 24.5 Å². The summed E-state index contributed by atoms with van der Waals surface area (Å²) in [5.41, 5.74) is 1.39. The molecule has 1 fully saturated rings. The molecule has 0 unspecified atom stereocenters. The van der Waals surface area contributed by atoms with E-state index in [9.17, 15) is 4.39 Å². The van der Waals surface area contributed by atoms with Crippen LogP contribution in [0.3, 0.4) is 0 Å². The number of fused-ring (bicyclic) bond motifs is 1. The van der Waals surface area contributed by atoms with Crippen LogP contribution in [-0.4, -0.2) is 22.8 Å². The summed E-state index contributed by atoms with van der Waals surface area (Å²) in [4.78, 5) is 13.1. The molecule has 0 atom stereocenters. The summed E-state index contributed by atoms with van der Waals surface area (Å²) >= 11 is 0. The van der Waals surface area contributed by atoms with Gasteiger partial charge in [-0.25, -0.2) is 14.4 Å². The first kappa shape index (κ1) is 14.1. The molecule has 0 spiro atoms. The molecule has 1 saturated carbocycles. The maximum absolute atomic E-state index is 14.1. The van der Waals surface area contributed by atoms with Crippen LogP contribution in [0.2, 0.25) is 0 Å². The minimum atomic E-state index is -0.521. The number of hydrogen-bond donors (Lipinski definition) is 1. The lowest BCUT2D eigenvalue weighted by atomic mass is 9.74. The molecule has 4 rings (SSSR count). The Morgan fingerprint density at radius 2 is 2.04 bits per heavy atom. The van der Waals surface area contributed by atoms with E-state index in [0.717, 1.165) is 30.2 Å². The molecule has 1 N–H and O–H groups in total. The van der Waals surface area contributed by atoms with E-state index in [0.29, 0.717) is 17.1 Å². The lowest BCUT2D eigenvalue weighted by Crippen LogP contribution is -2.44. The predicted molar refractivity (Wildman–Crippen MR) is 88.3 cm³/mol. The zero-order valence-electron chi connectivity index (χ0n) is 12.5. The van der Waals surface area contributed by atoms with Crippen molar-refractivity contribution in [2.24, 2.45) is 0 Å². The van der Waals surface area contributed by atoms with Crippen molar-refractivity contribution in [3.63, 3.8) is 0 Å². The molecule has 6 heteroatoms. The average molecular weight is 304 g/mol. The van der Waals surface area contributed by atoms with Crippen molar-refractivity contribution in [2.45, 2.75) is 24.8 Å². The van der Waals surface area contributed by atoms with Gasteiger partial charge in [-0.05, 0) is 37.5 Å². The van der Waals surface area contributed by atoms with Gasteiger partial charge >= 0.3 is 0 Å². The Labute approximate surface area is 134 Å². The number of aromatic nitrogens is 3. The van der Waals surface area contributed by atoms with E-state index in [1.165, 1.54) is 6.07 Å². The summed E-state index contributed by atoms with van der Waals surface area (Å²) in [5.74, 6) is 0.181. The first-order valence-electron chi connectivity index (χ1n) is 7.58. The summed E-state index contributed by atoms with van der Waals surface area (Å²) in [6.07, 6.45) is 5.98. The molecule has 2 aromatic heterocycles. The first-order valence-corrected chi connectivity index (χ1v) is 7.58. The maximum Gasteiger partial charge on any atom is 0.223 e. The second kappa shape index (κ2) is 5.30. The Balaban J connectivity index is 1.71. The van der Waals surface area contributed by atoms with Crippen LogP contribution in [0.5, 0.6) is 0 Å². The van der Waals surface area contributed by atoms with Crippen molar-refractivity contribution in [1.29, 1.82) is 0 Å². The lowest BCUT2D eigenvalue weighted by molar-refractivity contribution is 0.265. The molecule has 2 radical (unpaired) electrons. The van der Waals surface area contributed by atoms with E-state index < -0.39 is 5.54 Å². The molecule has 0 aliphatic heterocycles.